The van der Waals surface area contributed by atoms with Crippen LogP contribution in [-0.2, 0) is 9.59 Å². The lowest BCUT2D eigenvalue weighted by Gasteiger charge is -2.26. The van der Waals surface area contributed by atoms with Crippen molar-refractivity contribution in [3.8, 4) is 0 Å². The fourth-order valence-corrected chi connectivity index (χ4v) is 3.74. The van der Waals surface area contributed by atoms with Crippen molar-refractivity contribution in [1.29, 1.82) is 0 Å². The Labute approximate surface area is 115 Å². The molecule has 0 bridgehead atoms. The van der Waals surface area contributed by atoms with Gasteiger partial charge in [0.1, 0.15) is 4.38 Å². The van der Waals surface area contributed by atoms with Crippen LogP contribution in [0.1, 0.15) is 20.3 Å². The van der Waals surface area contributed by atoms with Gasteiger partial charge >= 0.3 is 0 Å². The van der Waals surface area contributed by atoms with Crippen molar-refractivity contribution in [2.45, 2.75) is 20.3 Å². The van der Waals surface area contributed by atoms with Gasteiger partial charge in [-0.3, -0.25) is 14.6 Å². The van der Waals surface area contributed by atoms with Crippen LogP contribution in [0.3, 0.4) is 0 Å². The van der Waals surface area contributed by atoms with Gasteiger partial charge in [0.2, 0.25) is 11.0 Å². The van der Waals surface area contributed by atoms with E-state index in [0.29, 0.717) is 0 Å². The molecule has 6 heteroatoms. The summed E-state index contributed by atoms with van der Waals surface area (Å²) >= 11 is 2.76. The molecule has 2 aliphatic heterocycles. The van der Waals surface area contributed by atoms with E-state index in [1.807, 2.05) is 13.8 Å². The molecule has 1 fully saturated rings. The first-order valence-electron chi connectivity index (χ1n) is 5.98. The van der Waals surface area contributed by atoms with Crippen LogP contribution < -0.4 is 5.32 Å². The SMILES string of the molecule is C[C@@H]1C[C@H](C)/C(=C/C(=O)SC2=NCCS2)NC1=O. The zero-order chi connectivity index (χ0) is 13.1. The average molecular weight is 284 g/mol. The van der Waals surface area contributed by atoms with Gasteiger partial charge in [0.15, 0.2) is 0 Å². The normalized spacial score (nSPS) is 30.2. The maximum Gasteiger partial charge on any atom is 0.226 e. The Bertz CT molecular complexity index is 432. The van der Waals surface area contributed by atoms with Crippen LogP contribution in [0.5, 0.6) is 0 Å². The predicted octanol–water partition coefficient (Wildman–Crippen LogP) is 2.02. The highest BCUT2D eigenvalue weighted by atomic mass is 32.2. The molecule has 1 saturated heterocycles. The highest BCUT2D eigenvalue weighted by Gasteiger charge is 2.26. The van der Waals surface area contributed by atoms with E-state index in [0.717, 1.165) is 40.6 Å². The molecule has 98 valence electrons. The zero-order valence-electron chi connectivity index (χ0n) is 10.4. The highest BCUT2D eigenvalue weighted by Crippen LogP contribution is 2.27. The predicted molar refractivity (Wildman–Crippen MR) is 76.5 cm³/mol. The molecule has 1 N–H and O–H groups in total. The molecule has 2 rings (SSSR count). The molecular weight excluding hydrogens is 268 g/mol. The molecule has 2 aliphatic rings. The number of aliphatic imine (C=N–C) groups is 1. The number of carbonyl (C=O) groups is 2. The van der Waals surface area contributed by atoms with Gasteiger partial charge in [-0.1, -0.05) is 25.6 Å². The smallest absolute Gasteiger partial charge is 0.226 e. The molecule has 1 amide bonds. The summed E-state index contributed by atoms with van der Waals surface area (Å²) in [4.78, 5) is 27.6. The Morgan fingerprint density at radius 3 is 2.94 bits per heavy atom. The van der Waals surface area contributed by atoms with E-state index in [9.17, 15) is 9.59 Å². The van der Waals surface area contributed by atoms with Gasteiger partial charge in [-0.05, 0) is 24.1 Å². The van der Waals surface area contributed by atoms with Crippen LogP contribution in [-0.4, -0.2) is 27.7 Å². The van der Waals surface area contributed by atoms with Gasteiger partial charge in [0.25, 0.3) is 0 Å². The molecular formula is C12H16N2O2S2. The van der Waals surface area contributed by atoms with E-state index in [1.165, 1.54) is 0 Å². The molecule has 4 nitrogen and oxygen atoms in total. The highest BCUT2D eigenvalue weighted by molar-refractivity contribution is 8.45. The molecule has 0 unspecified atom stereocenters. The van der Waals surface area contributed by atoms with E-state index in [4.69, 9.17) is 0 Å². The van der Waals surface area contributed by atoms with Crippen molar-refractivity contribution in [2.75, 3.05) is 12.3 Å². The Morgan fingerprint density at radius 2 is 2.28 bits per heavy atom. The number of nitrogens with zero attached hydrogens (tertiary/aromatic N) is 1. The lowest BCUT2D eigenvalue weighted by Crippen LogP contribution is -2.38. The maximum atomic E-state index is 11.8. The van der Waals surface area contributed by atoms with Gasteiger partial charge < -0.3 is 5.32 Å². The van der Waals surface area contributed by atoms with Crippen molar-refractivity contribution in [3.63, 3.8) is 0 Å². The van der Waals surface area contributed by atoms with Gasteiger partial charge in [0.05, 0.1) is 6.54 Å². The minimum Gasteiger partial charge on any atom is -0.329 e. The third-order valence-electron chi connectivity index (χ3n) is 2.97. The summed E-state index contributed by atoms with van der Waals surface area (Å²) in [6.45, 7) is 4.73. The van der Waals surface area contributed by atoms with Crippen LogP contribution in [0.4, 0.5) is 0 Å². The van der Waals surface area contributed by atoms with E-state index in [2.05, 4.69) is 10.3 Å². The molecule has 0 saturated carbocycles. The molecule has 2 atom stereocenters. The number of hydrogen-bond acceptors (Lipinski definition) is 5. The zero-order valence-corrected chi connectivity index (χ0v) is 12.1. The monoisotopic (exact) mass is 284 g/mol. The number of nitrogens with one attached hydrogen (secondary N) is 1. The third kappa shape index (κ3) is 3.38. The third-order valence-corrected chi connectivity index (χ3v) is 4.96. The quantitative estimate of drug-likeness (QED) is 0.749. The number of thioether (sulfide) groups is 2. The van der Waals surface area contributed by atoms with Crippen molar-refractivity contribution >= 4 is 38.9 Å². The molecule has 0 aliphatic carbocycles. The van der Waals surface area contributed by atoms with Crippen molar-refractivity contribution in [3.05, 3.63) is 11.8 Å². The number of piperidine rings is 1. The van der Waals surface area contributed by atoms with Gasteiger partial charge in [-0.2, -0.15) is 0 Å². The van der Waals surface area contributed by atoms with Crippen molar-refractivity contribution < 1.29 is 9.59 Å². The summed E-state index contributed by atoms with van der Waals surface area (Å²) in [7, 11) is 0. The molecule has 2 heterocycles. The number of carbonyl (C=O) groups excluding carboxylic acids is 2. The van der Waals surface area contributed by atoms with Crippen LogP contribution in [0.2, 0.25) is 0 Å². The standard InChI is InChI=1S/C12H16N2O2S2/c1-7-5-8(2)11(16)14-9(7)6-10(15)18-12-13-3-4-17-12/h6-8H,3-5H2,1-2H3,(H,14,16)/b9-6-/t7-,8+/m0/s1. The van der Waals surface area contributed by atoms with Crippen LogP contribution in [0.15, 0.2) is 16.8 Å². The number of hydrogen-bond donors (Lipinski definition) is 1. The topological polar surface area (TPSA) is 58.5 Å². The molecule has 0 aromatic rings. The first kappa shape index (κ1) is 13.7. The van der Waals surface area contributed by atoms with Crippen molar-refractivity contribution in [1.82, 2.24) is 5.32 Å². The number of rotatable bonds is 1. The van der Waals surface area contributed by atoms with E-state index < -0.39 is 0 Å². The lowest BCUT2D eigenvalue weighted by atomic mass is 9.89. The Kier molecular flexibility index (Phi) is 4.50. The lowest BCUT2D eigenvalue weighted by molar-refractivity contribution is -0.125. The fraction of sp³-hybridized carbons (Fsp3) is 0.583. The van der Waals surface area contributed by atoms with Gasteiger partial charge in [-0.15, -0.1) is 0 Å². The minimum absolute atomic E-state index is 0.00438. The summed E-state index contributed by atoms with van der Waals surface area (Å²) in [6.07, 6.45) is 2.34. The van der Waals surface area contributed by atoms with Crippen LogP contribution >= 0.6 is 23.5 Å². The second-order valence-corrected chi connectivity index (χ2v) is 6.88. The largest absolute Gasteiger partial charge is 0.329 e. The summed E-state index contributed by atoms with van der Waals surface area (Å²) < 4.78 is 0.833. The van der Waals surface area contributed by atoms with Crippen molar-refractivity contribution in [2.24, 2.45) is 16.8 Å². The summed E-state index contributed by atoms with van der Waals surface area (Å²) in [5.74, 6) is 1.21. The Morgan fingerprint density at radius 1 is 1.50 bits per heavy atom. The van der Waals surface area contributed by atoms with E-state index >= 15 is 0 Å². The summed E-state index contributed by atoms with van der Waals surface area (Å²) in [5.41, 5.74) is 0.735. The fourth-order valence-electron chi connectivity index (χ4n) is 1.95. The molecule has 18 heavy (non-hydrogen) atoms. The number of amides is 1. The Hall–Kier alpha value is -0.750. The second-order valence-electron chi connectivity index (χ2n) is 4.54. The van der Waals surface area contributed by atoms with Crippen LogP contribution in [0, 0.1) is 11.8 Å². The minimum atomic E-state index is -0.0557. The second kappa shape index (κ2) is 5.93. The first-order valence-corrected chi connectivity index (χ1v) is 7.78. The summed E-state index contributed by atoms with van der Waals surface area (Å²) in [6, 6.07) is 0. The van der Waals surface area contributed by atoms with Gasteiger partial charge in [0, 0.05) is 23.4 Å². The van der Waals surface area contributed by atoms with Gasteiger partial charge in [-0.25, -0.2) is 0 Å². The molecule has 0 aromatic carbocycles. The molecule has 0 spiro atoms. The van der Waals surface area contributed by atoms with Crippen LogP contribution in [0.25, 0.3) is 0 Å². The first-order chi connectivity index (χ1) is 8.56. The molecule has 0 aromatic heterocycles. The molecule has 0 radical (unpaired) electrons. The van der Waals surface area contributed by atoms with E-state index in [1.54, 1.807) is 17.8 Å². The average Bonchev–Trinajstić information content (AvgIpc) is 2.78. The summed E-state index contributed by atoms with van der Waals surface area (Å²) in [5, 5.41) is 2.76. The van der Waals surface area contributed by atoms with E-state index in [-0.39, 0.29) is 22.9 Å². The number of allylic oxidation sites excluding steroid dienone is 1. The maximum absolute atomic E-state index is 11.8. The Balaban J connectivity index is 1.98.